The number of nitrogens with zero attached hydrogens (tertiary/aromatic N) is 1. The second kappa shape index (κ2) is 6.47. The van der Waals surface area contributed by atoms with Gasteiger partial charge in [0.25, 0.3) is 5.91 Å². The topological polar surface area (TPSA) is 58.4 Å². The molecule has 17 heavy (non-hydrogen) atoms. The molecular formula is C12H18ClN3O. The van der Waals surface area contributed by atoms with E-state index in [2.05, 4.69) is 5.32 Å². The second-order valence-corrected chi connectivity index (χ2v) is 4.37. The minimum atomic E-state index is -0.0996. The molecule has 0 aliphatic carbocycles. The molecule has 94 valence electrons. The van der Waals surface area contributed by atoms with Gasteiger partial charge in [-0.3, -0.25) is 4.79 Å². The van der Waals surface area contributed by atoms with E-state index >= 15 is 0 Å². The Bertz CT molecular complexity index is 393. The Balaban J connectivity index is 2.83. The summed E-state index contributed by atoms with van der Waals surface area (Å²) in [5.74, 6) is -0.0996. The van der Waals surface area contributed by atoms with Crippen LogP contribution in [0.1, 0.15) is 16.8 Å². The molecular weight excluding hydrogens is 238 g/mol. The van der Waals surface area contributed by atoms with E-state index in [1.54, 1.807) is 26.2 Å². The number of halogens is 1. The van der Waals surface area contributed by atoms with Crippen molar-refractivity contribution < 1.29 is 4.79 Å². The lowest BCUT2D eigenvalue weighted by Crippen LogP contribution is -2.22. The minimum Gasteiger partial charge on any atom is -0.385 e. The fourth-order valence-corrected chi connectivity index (χ4v) is 1.57. The molecule has 0 saturated carbocycles. The summed E-state index contributed by atoms with van der Waals surface area (Å²) >= 11 is 6.00. The summed E-state index contributed by atoms with van der Waals surface area (Å²) in [5, 5.41) is 3.66. The van der Waals surface area contributed by atoms with Gasteiger partial charge in [0.1, 0.15) is 0 Å². The number of carbonyl (C=O) groups is 1. The molecule has 0 aliphatic rings. The van der Waals surface area contributed by atoms with E-state index in [0.717, 1.165) is 18.7 Å². The quantitative estimate of drug-likeness (QED) is 0.789. The normalized spacial score (nSPS) is 10.1. The maximum absolute atomic E-state index is 11.8. The molecule has 1 aromatic carbocycles. The first-order valence-electron chi connectivity index (χ1n) is 5.51. The minimum absolute atomic E-state index is 0.0996. The number of amides is 1. The van der Waals surface area contributed by atoms with Gasteiger partial charge >= 0.3 is 0 Å². The van der Waals surface area contributed by atoms with Gasteiger partial charge in [0.05, 0.1) is 10.6 Å². The van der Waals surface area contributed by atoms with Gasteiger partial charge in [-0.25, -0.2) is 0 Å². The van der Waals surface area contributed by atoms with Crippen LogP contribution >= 0.6 is 11.6 Å². The molecule has 4 nitrogen and oxygen atoms in total. The molecule has 1 amide bonds. The highest BCUT2D eigenvalue weighted by molar-refractivity contribution is 6.33. The van der Waals surface area contributed by atoms with E-state index in [0.29, 0.717) is 17.1 Å². The van der Waals surface area contributed by atoms with Crippen LogP contribution in [0.3, 0.4) is 0 Å². The van der Waals surface area contributed by atoms with Crippen molar-refractivity contribution in [1.29, 1.82) is 0 Å². The lowest BCUT2D eigenvalue weighted by Gasteiger charge is -2.13. The Morgan fingerprint density at radius 1 is 1.47 bits per heavy atom. The molecule has 0 aromatic heterocycles. The number of anilines is 1. The number of nitrogens with two attached hydrogens (primary N) is 1. The highest BCUT2D eigenvalue weighted by Gasteiger charge is 2.12. The summed E-state index contributed by atoms with van der Waals surface area (Å²) in [6.45, 7) is 1.43. The van der Waals surface area contributed by atoms with Crippen molar-refractivity contribution in [1.82, 2.24) is 4.90 Å². The molecule has 5 heteroatoms. The highest BCUT2D eigenvalue weighted by Crippen LogP contribution is 2.21. The van der Waals surface area contributed by atoms with E-state index in [1.807, 2.05) is 6.07 Å². The summed E-state index contributed by atoms with van der Waals surface area (Å²) in [5.41, 5.74) is 6.80. The Hall–Kier alpha value is -1.26. The van der Waals surface area contributed by atoms with Crippen LogP contribution in [0, 0.1) is 0 Å². The summed E-state index contributed by atoms with van der Waals surface area (Å²) in [4.78, 5) is 13.3. The Morgan fingerprint density at radius 3 is 2.76 bits per heavy atom. The summed E-state index contributed by atoms with van der Waals surface area (Å²) < 4.78 is 0. The van der Waals surface area contributed by atoms with Crippen LogP contribution < -0.4 is 11.1 Å². The van der Waals surface area contributed by atoms with Gasteiger partial charge in [0.15, 0.2) is 0 Å². The summed E-state index contributed by atoms with van der Waals surface area (Å²) in [6, 6.07) is 5.34. The predicted octanol–water partition coefficient (Wildman–Crippen LogP) is 1.80. The molecule has 0 saturated heterocycles. The second-order valence-electron chi connectivity index (χ2n) is 3.96. The Labute approximate surface area is 107 Å². The first kappa shape index (κ1) is 13.8. The standard InChI is InChI=1S/C12H18ClN3O/c1-16(2)12(17)10-8-9(4-5-11(10)13)15-7-3-6-14/h4-5,8,15H,3,6-7,14H2,1-2H3. The Kier molecular flexibility index (Phi) is 5.25. The maximum atomic E-state index is 11.8. The molecule has 0 spiro atoms. The van der Waals surface area contributed by atoms with Crippen LogP contribution in [-0.2, 0) is 0 Å². The van der Waals surface area contributed by atoms with Crippen LogP contribution in [0.5, 0.6) is 0 Å². The Morgan fingerprint density at radius 2 is 2.18 bits per heavy atom. The molecule has 0 atom stereocenters. The van der Waals surface area contributed by atoms with Gasteiger partial charge in [-0.1, -0.05) is 11.6 Å². The fourth-order valence-electron chi connectivity index (χ4n) is 1.37. The zero-order valence-electron chi connectivity index (χ0n) is 10.2. The number of carbonyl (C=O) groups excluding carboxylic acids is 1. The van der Waals surface area contributed by atoms with Gasteiger partial charge < -0.3 is 16.0 Å². The number of rotatable bonds is 5. The molecule has 1 rings (SSSR count). The molecule has 0 aliphatic heterocycles. The number of benzene rings is 1. The van der Waals surface area contributed by atoms with Crippen LogP contribution in [0.25, 0.3) is 0 Å². The molecule has 0 unspecified atom stereocenters. The van der Waals surface area contributed by atoms with Gasteiger partial charge in [0, 0.05) is 26.3 Å². The van der Waals surface area contributed by atoms with Gasteiger partial charge in [-0.15, -0.1) is 0 Å². The average Bonchev–Trinajstić information content (AvgIpc) is 2.30. The lowest BCUT2D eigenvalue weighted by molar-refractivity contribution is 0.0828. The van der Waals surface area contributed by atoms with E-state index in [1.165, 1.54) is 4.90 Å². The largest absolute Gasteiger partial charge is 0.385 e. The molecule has 0 fully saturated rings. The zero-order chi connectivity index (χ0) is 12.8. The van der Waals surface area contributed by atoms with Gasteiger partial charge in [0.2, 0.25) is 0 Å². The van der Waals surface area contributed by atoms with E-state index in [4.69, 9.17) is 17.3 Å². The third-order valence-electron chi connectivity index (χ3n) is 2.31. The van der Waals surface area contributed by atoms with E-state index < -0.39 is 0 Å². The number of hydrogen-bond acceptors (Lipinski definition) is 3. The molecule has 0 bridgehead atoms. The van der Waals surface area contributed by atoms with Crippen molar-refractivity contribution in [2.75, 3.05) is 32.5 Å². The van der Waals surface area contributed by atoms with Crippen molar-refractivity contribution in [2.45, 2.75) is 6.42 Å². The van der Waals surface area contributed by atoms with Crippen molar-refractivity contribution in [3.8, 4) is 0 Å². The molecule has 1 aromatic rings. The van der Waals surface area contributed by atoms with Crippen LogP contribution in [0.2, 0.25) is 5.02 Å². The fraction of sp³-hybridized carbons (Fsp3) is 0.417. The monoisotopic (exact) mass is 255 g/mol. The maximum Gasteiger partial charge on any atom is 0.254 e. The highest BCUT2D eigenvalue weighted by atomic mass is 35.5. The molecule has 3 N–H and O–H groups in total. The van der Waals surface area contributed by atoms with E-state index in [-0.39, 0.29) is 5.91 Å². The lowest BCUT2D eigenvalue weighted by atomic mass is 10.1. The van der Waals surface area contributed by atoms with Gasteiger partial charge in [-0.05, 0) is 31.2 Å². The van der Waals surface area contributed by atoms with Crippen molar-refractivity contribution in [3.63, 3.8) is 0 Å². The van der Waals surface area contributed by atoms with Crippen molar-refractivity contribution in [2.24, 2.45) is 5.73 Å². The van der Waals surface area contributed by atoms with Crippen LogP contribution in [-0.4, -0.2) is 38.0 Å². The smallest absolute Gasteiger partial charge is 0.254 e. The third-order valence-corrected chi connectivity index (χ3v) is 2.64. The summed E-state index contributed by atoms with van der Waals surface area (Å²) in [7, 11) is 3.40. The predicted molar refractivity (Wildman–Crippen MR) is 71.6 cm³/mol. The molecule has 0 radical (unpaired) electrons. The van der Waals surface area contributed by atoms with Crippen LogP contribution in [0.15, 0.2) is 18.2 Å². The van der Waals surface area contributed by atoms with Crippen LogP contribution in [0.4, 0.5) is 5.69 Å². The zero-order valence-corrected chi connectivity index (χ0v) is 10.9. The summed E-state index contributed by atoms with van der Waals surface area (Å²) in [6.07, 6.45) is 0.888. The molecule has 0 heterocycles. The van der Waals surface area contributed by atoms with Crippen molar-refractivity contribution >= 4 is 23.2 Å². The number of hydrogen-bond donors (Lipinski definition) is 2. The SMILES string of the molecule is CN(C)C(=O)c1cc(NCCCN)ccc1Cl. The number of nitrogens with one attached hydrogen (secondary N) is 1. The van der Waals surface area contributed by atoms with Gasteiger partial charge in [-0.2, -0.15) is 0 Å². The average molecular weight is 256 g/mol. The first-order valence-corrected chi connectivity index (χ1v) is 5.89. The third kappa shape index (κ3) is 3.91. The van der Waals surface area contributed by atoms with Crippen molar-refractivity contribution in [3.05, 3.63) is 28.8 Å². The first-order chi connectivity index (χ1) is 8.06. The van der Waals surface area contributed by atoms with E-state index in [9.17, 15) is 4.79 Å².